The van der Waals surface area contributed by atoms with E-state index in [-0.39, 0.29) is 10.6 Å². The standard InChI is InChI=1S/C15H21BrN2O2/c1-2-3-12-6-8-17(9-7-12)11-13-4-5-14(16)15(10-13)18(19)20/h4-5,10,12H,2-3,6-9,11H2,1H3. The van der Waals surface area contributed by atoms with Gasteiger partial charge in [0.15, 0.2) is 0 Å². The molecule has 0 spiro atoms. The van der Waals surface area contributed by atoms with E-state index in [4.69, 9.17) is 0 Å². The van der Waals surface area contributed by atoms with E-state index in [0.717, 1.165) is 31.1 Å². The third-order valence-electron chi connectivity index (χ3n) is 4.02. The van der Waals surface area contributed by atoms with Crippen molar-refractivity contribution < 1.29 is 4.92 Å². The third kappa shape index (κ3) is 4.03. The lowest BCUT2D eigenvalue weighted by atomic mass is 9.92. The van der Waals surface area contributed by atoms with E-state index in [1.165, 1.54) is 25.7 Å². The average molecular weight is 341 g/mol. The molecule has 1 fully saturated rings. The molecular formula is C15H21BrN2O2. The number of halogens is 1. The van der Waals surface area contributed by atoms with Crippen LogP contribution in [0.2, 0.25) is 0 Å². The number of nitro groups is 1. The van der Waals surface area contributed by atoms with Crippen LogP contribution in [0.25, 0.3) is 0 Å². The van der Waals surface area contributed by atoms with Crippen molar-refractivity contribution in [1.82, 2.24) is 4.90 Å². The molecule has 0 unspecified atom stereocenters. The highest BCUT2D eigenvalue weighted by Gasteiger charge is 2.19. The van der Waals surface area contributed by atoms with Crippen LogP contribution < -0.4 is 0 Å². The summed E-state index contributed by atoms with van der Waals surface area (Å²) in [6.07, 6.45) is 5.11. The highest BCUT2D eigenvalue weighted by atomic mass is 79.9. The maximum Gasteiger partial charge on any atom is 0.283 e. The molecule has 0 atom stereocenters. The van der Waals surface area contributed by atoms with Crippen LogP contribution in [0, 0.1) is 16.0 Å². The molecule has 5 heteroatoms. The van der Waals surface area contributed by atoms with Gasteiger partial charge >= 0.3 is 0 Å². The molecule has 0 radical (unpaired) electrons. The number of rotatable bonds is 5. The summed E-state index contributed by atoms with van der Waals surface area (Å²) in [6, 6.07) is 5.43. The van der Waals surface area contributed by atoms with Gasteiger partial charge in [0, 0.05) is 12.6 Å². The van der Waals surface area contributed by atoms with Crippen LogP contribution in [0.1, 0.15) is 38.2 Å². The van der Waals surface area contributed by atoms with Crippen LogP contribution in [-0.2, 0) is 6.54 Å². The molecule has 1 aliphatic heterocycles. The largest absolute Gasteiger partial charge is 0.299 e. The minimum atomic E-state index is -0.332. The summed E-state index contributed by atoms with van der Waals surface area (Å²) in [7, 11) is 0. The highest BCUT2D eigenvalue weighted by molar-refractivity contribution is 9.10. The Kier molecular flexibility index (Phi) is 5.54. The maximum absolute atomic E-state index is 10.9. The second-order valence-electron chi connectivity index (χ2n) is 5.55. The van der Waals surface area contributed by atoms with Crippen LogP contribution >= 0.6 is 15.9 Å². The van der Waals surface area contributed by atoms with Gasteiger partial charge in [0.2, 0.25) is 0 Å². The Morgan fingerprint density at radius 2 is 2.10 bits per heavy atom. The summed E-state index contributed by atoms with van der Waals surface area (Å²) < 4.78 is 0.549. The number of hydrogen-bond acceptors (Lipinski definition) is 3. The Balaban J connectivity index is 1.94. The molecule has 4 nitrogen and oxygen atoms in total. The van der Waals surface area contributed by atoms with Crippen molar-refractivity contribution in [3.8, 4) is 0 Å². The van der Waals surface area contributed by atoms with Gasteiger partial charge in [-0.15, -0.1) is 0 Å². The van der Waals surface area contributed by atoms with E-state index in [9.17, 15) is 10.1 Å². The van der Waals surface area contributed by atoms with Gasteiger partial charge in [0.05, 0.1) is 9.40 Å². The van der Waals surface area contributed by atoms with Crippen LogP contribution in [0.4, 0.5) is 5.69 Å². The molecule has 110 valence electrons. The second-order valence-corrected chi connectivity index (χ2v) is 6.41. The van der Waals surface area contributed by atoms with Gasteiger partial charge < -0.3 is 0 Å². The van der Waals surface area contributed by atoms with Gasteiger partial charge in [-0.1, -0.05) is 25.8 Å². The van der Waals surface area contributed by atoms with Gasteiger partial charge in [-0.2, -0.15) is 0 Å². The first-order valence-corrected chi connectivity index (χ1v) is 8.04. The van der Waals surface area contributed by atoms with Crippen molar-refractivity contribution in [2.75, 3.05) is 13.1 Å². The lowest BCUT2D eigenvalue weighted by molar-refractivity contribution is -0.385. The normalized spacial score (nSPS) is 17.3. The zero-order chi connectivity index (χ0) is 14.5. The summed E-state index contributed by atoms with van der Waals surface area (Å²) >= 11 is 3.23. The summed E-state index contributed by atoms with van der Waals surface area (Å²) in [6.45, 7) is 5.27. The zero-order valence-corrected chi connectivity index (χ0v) is 13.4. The number of nitro benzene ring substituents is 1. The predicted molar refractivity (Wildman–Crippen MR) is 83.7 cm³/mol. The Morgan fingerprint density at radius 1 is 1.40 bits per heavy atom. The van der Waals surface area contributed by atoms with Crippen molar-refractivity contribution in [3.05, 3.63) is 38.3 Å². The number of nitrogens with zero attached hydrogens (tertiary/aromatic N) is 2. The summed E-state index contributed by atoms with van der Waals surface area (Å²) in [5.41, 5.74) is 1.18. The maximum atomic E-state index is 10.9. The second kappa shape index (κ2) is 7.18. The molecule has 0 aromatic heterocycles. The summed E-state index contributed by atoms with van der Waals surface area (Å²) in [5, 5.41) is 10.9. The molecule has 1 aliphatic rings. The molecule has 1 saturated heterocycles. The van der Waals surface area contributed by atoms with Gasteiger partial charge in [0.1, 0.15) is 0 Å². The monoisotopic (exact) mass is 340 g/mol. The van der Waals surface area contributed by atoms with Gasteiger partial charge in [0.25, 0.3) is 5.69 Å². The zero-order valence-electron chi connectivity index (χ0n) is 11.8. The van der Waals surface area contributed by atoms with Crippen LogP contribution in [0.3, 0.4) is 0 Å². The molecule has 1 aromatic rings. The quantitative estimate of drug-likeness (QED) is 0.590. The Morgan fingerprint density at radius 3 is 2.70 bits per heavy atom. The van der Waals surface area contributed by atoms with Crippen molar-refractivity contribution in [2.45, 2.75) is 39.2 Å². The van der Waals surface area contributed by atoms with E-state index in [1.807, 2.05) is 6.07 Å². The van der Waals surface area contributed by atoms with Crippen molar-refractivity contribution >= 4 is 21.6 Å². The average Bonchev–Trinajstić information content (AvgIpc) is 2.43. The number of benzene rings is 1. The lowest BCUT2D eigenvalue weighted by Gasteiger charge is -2.31. The Bertz CT molecular complexity index is 471. The Labute approximate surface area is 128 Å². The van der Waals surface area contributed by atoms with Crippen LogP contribution in [0.15, 0.2) is 22.7 Å². The van der Waals surface area contributed by atoms with E-state index in [0.29, 0.717) is 4.47 Å². The van der Waals surface area contributed by atoms with Crippen molar-refractivity contribution in [3.63, 3.8) is 0 Å². The first-order chi connectivity index (χ1) is 9.60. The highest BCUT2D eigenvalue weighted by Crippen LogP contribution is 2.27. The fraction of sp³-hybridized carbons (Fsp3) is 0.600. The molecule has 0 aliphatic carbocycles. The molecule has 2 rings (SSSR count). The first-order valence-electron chi connectivity index (χ1n) is 7.25. The van der Waals surface area contributed by atoms with E-state index >= 15 is 0 Å². The topological polar surface area (TPSA) is 46.4 Å². The molecular weight excluding hydrogens is 320 g/mol. The SMILES string of the molecule is CCCC1CCN(Cc2ccc(Br)c([N+](=O)[O-])c2)CC1. The number of piperidine rings is 1. The predicted octanol–water partition coefficient (Wildman–Crippen LogP) is 4.37. The number of likely N-dealkylation sites (tertiary alicyclic amines) is 1. The molecule has 0 amide bonds. The van der Waals surface area contributed by atoms with Gasteiger partial charge in [-0.05, 0) is 59.4 Å². The lowest BCUT2D eigenvalue weighted by Crippen LogP contribution is -2.33. The van der Waals surface area contributed by atoms with Crippen LogP contribution in [-0.4, -0.2) is 22.9 Å². The van der Waals surface area contributed by atoms with Crippen molar-refractivity contribution in [2.24, 2.45) is 5.92 Å². The van der Waals surface area contributed by atoms with Gasteiger partial charge in [-0.3, -0.25) is 15.0 Å². The smallest absolute Gasteiger partial charge is 0.283 e. The molecule has 0 N–H and O–H groups in total. The van der Waals surface area contributed by atoms with E-state index in [1.54, 1.807) is 12.1 Å². The Hall–Kier alpha value is -0.940. The molecule has 0 bridgehead atoms. The number of hydrogen-bond donors (Lipinski definition) is 0. The minimum Gasteiger partial charge on any atom is -0.299 e. The van der Waals surface area contributed by atoms with Crippen LogP contribution in [0.5, 0.6) is 0 Å². The third-order valence-corrected chi connectivity index (χ3v) is 4.69. The molecule has 1 aromatic carbocycles. The minimum absolute atomic E-state index is 0.156. The summed E-state index contributed by atoms with van der Waals surface area (Å²) in [4.78, 5) is 13.0. The fourth-order valence-electron chi connectivity index (χ4n) is 2.90. The van der Waals surface area contributed by atoms with Crippen molar-refractivity contribution in [1.29, 1.82) is 0 Å². The van der Waals surface area contributed by atoms with E-state index < -0.39 is 0 Å². The molecule has 1 heterocycles. The summed E-state index contributed by atoms with van der Waals surface area (Å²) in [5.74, 6) is 0.871. The van der Waals surface area contributed by atoms with Gasteiger partial charge in [-0.25, -0.2) is 0 Å². The first kappa shape index (κ1) is 15.4. The molecule has 0 saturated carbocycles. The van der Waals surface area contributed by atoms with E-state index in [2.05, 4.69) is 27.8 Å². The molecule has 20 heavy (non-hydrogen) atoms. The fourth-order valence-corrected chi connectivity index (χ4v) is 3.29.